The zero-order valence-electron chi connectivity index (χ0n) is 19.1. The lowest BCUT2D eigenvalue weighted by atomic mass is 10.0. The van der Waals surface area contributed by atoms with Crippen molar-refractivity contribution in [3.8, 4) is 17.2 Å². The van der Waals surface area contributed by atoms with Gasteiger partial charge in [0.05, 0.1) is 27.4 Å². The van der Waals surface area contributed by atoms with Gasteiger partial charge in [-0.25, -0.2) is 0 Å². The maximum atomic E-state index is 13.0. The van der Waals surface area contributed by atoms with Crippen LogP contribution in [0.2, 0.25) is 0 Å². The molecule has 178 valence electrons. The van der Waals surface area contributed by atoms with Gasteiger partial charge in [-0.3, -0.25) is 9.59 Å². The second-order valence-electron chi connectivity index (χ2n) is 7.35. The molecule has 0 saturated carbocycles. The van der Waals surface area contributed by atoms with Crippen molar-refractivity contribution in [1.82, 2.24) is 10.6 Å². The minimum absolute atomic E-state index is 0.121. The van der Waals surface area contributed by atoms with E-state index in [9.17, 15) is 14.4 Å². The Morgan fingerprint density at radius 2 is 1.61 bits per heavy atom. The Morgan fingerprint density at radius 3 is 2.15 bits per heavy atom. The summed E-state index contributed by atoms with van der Waals surface area (Å²) in [5, 5.41) is 5.50. The molecule has 0 saturated heterocycles. The van der Waals surface area contributed by atoms with Crippen molar-refractivity contribution >= 4 is 18.1 Å². The third-order valence-electron chi connectivity index (χ3n) is 5.08. The molecule has 0 spiro atoms. The van der Waals surface area contributed by atoms with Gasteiger partial charge in [-0.05, 0) is 36.1 Å². The maximum Gasteiger partial charge on any atom is 0.242 e. The molecule has 0 aliphatic carbocycles. The average Bonchev–Trinajstić information content (AvgIpc) is 2.84. The number of nitrogens with two attached hydrogens (primary N) is 1. The Morgan fingerprint density at radius 1 is 0.970 bits per heavy atom. The van der Waals surface area contributed by atoms with Crippen molar-refractivity contribution in [2.45, 2.75) is 37.9 Å². The molecule has 33 heavy (non-hydrogen) atoms. The van der Waals surface area contributed by atoms with Crippen LogP contribution >= 0.6 is 0 Å². The molecule has 2 rings (SSSR count). The fourth-order valence-electron chi connectivity index (χ4n) is 3.26. The van der Waals surface area contributed by atoms with Crippen LogP contribution in [-0.2, 0) is 27.3 Å². The first-order chi connectivity index (χ1) is 15.9. The number of aldehydes is 1. The SMILES string of the molecule is COc1cc(CNC(=O)C(CCc2ccccc2)NC(=O)C(N)CC=O)cc(OC)c1OC. The molecular formula is C24H31N3O6. The molecule has 2 amide bonds. The quantitative estimate of drug-likeness (QED) is 0.387. The van der Waals surface area contributed by atoms with Crippen LogP contribution in [-0.4, -0.2) is 51.5 Å². The molecule has 2 aromatic carbocycles. The summed E-state index contributed by atoms with van der Waals surface area (Å²) in [5.41, 5.74) is 7.48. The summed E-state index contributed by atoms with van der Waals surface area (Å²) in [4.78, 5) is 36.0. The van der Waals surface area contributed by atoms with Gasteiger partial charge in [-0.2, -0.15) is 0 Å². The number of aryl methyl sites for hydroxylation is 1. The van der Waals surface area contributed by atoms with Crippen LogP contribution in [0.25, 0.3) is 0 Å². The molecule has 9 heteroatoms. The molecule has 0 aliphatic rings. The molecule has 0 fully saturated rings. The van der Waals surface area contributed by atoms with Crippen LogP contribution < -0.4 is 30.6 Å². The van der Waals surface area contributed by atoms with Gasteiger partial charge in [0, 0.05) is 13.0 Å². The molecule has 2 aromatic rings. The summed E-state index contributed by atoms with van der Waals surface area (Å²) in [6.45, 7) is 0.174. The van der Waals surface area contributed by atoms with Gasteiger partial charge < -0.3 is 35.4 Å². The second kappa shape index (κ2) is 13.1. The van der Waals surface area contributed by atoms with E-state index in [1.165, 1.54) is 21.3 Å². The molecule has 2 atom stereocenters. The Labute approximate surface area is 193 Å². The summed E-state index contributed by atoms with van der Waals surface area (Å²) in [5.74, 6) is 0.464. The van der Waals surface area contributed by atoms with Gasteiger partial charge in [0.1, 0.15) is 12.3 Å². The highest BCUT2D eigenvalue weighted by molar-refractivity contribution is 5.90. The van der Waals surface area contributed by atoms with Crippen LogP contribution in [0.15, 0.2) is 42.5 Å². The number of carbonyl (C=O) groups excluding carboxylic acids is 3. The molecule has 0 aromatic heterocycles. The minimum Gasteiger partial charge on any atom is -0.493 e. The molecule has 0 heterocycles. The molecule has 2 unspecified atom stereocenters. The Kier molecular flexibility index (Phi) is 10.2. The summed E-state index contributed by atoms with van der Waals surface area (Å²) >= 11 is 0. The second-order valence-corrected chi connectivity index (χ2v) is 7.35. The number of methoxy groups -OCH3 is 3. The van der Waals surface area contributed by atoms with E-state index in [1.807, 2.05) is 30.3 Å². The van der Waals surface area contributed by atoms with Crippen LogP contribution in [0.4, 0.5) is 0 Å². The topological polar surface area (TPSA) is 129 Å². The number of nitrogens with one attached hydrogen (secondary N) is 2. The Hall–Kier alpha value is -3.59. The van der Waals surface area contributed by atoms with E-state index in [2.05, 4.69) is 10.6 Å². The van der Waals surface area contributed by atoms with E-state index in [0.29, 0.717) is 36.4 Å². The molecule has 0 bridgehead atoms. The van der Waals surface area contributed by atoms with E-state index in [1.54, 1.807) is 12.1 Å². The minimum atomic E-state index is -1.01. The lowest BCUT2D eigenvalue weighted by Gasteiger charge is -2.21. The average molecular weight is 458 g/mol. The lowest BCUT2D eigenvalue weighted by Crippen LogP contribution is -2.51. The number of rotatable bonds is 13. The van der Waals surface area contributed by atoms with E-state index >= 15 is 0 Å². The molecule has 0 radical (unpaired) electrons. The number of hydrogen-bond donors (Lipinski definition) is 3. The zero-order valence-corrected chi connectivity index (χ0v) is 19.1. The van der Waals surface area contributed by atoms with E-state index < -0.39 is 18.0 Å². The fourth-order valence-corrected chi connectivity index (χ4v) is 3.26. The third-order valence-corrected chi connectivity index (χ3v) is 5.08. The first-order valence-corrected chi connectivity index (χ1v) is 10.5. The van der Waals surface area contributed by atoms with Crippen LogP contribution in [0.3, 0.4) is 0 Å². The van der Waals surface area contributed by atoms with Crippen molar-refractivity contribution in [3.05, 3.63) is 53.6 Å². The van der Waals surface area contributed by atoms with Gasteiger partial charge in [0.2, 0.25) is 17.6 Å². The normalized spacial score (nSPS) is 12.2. The Bertz CT molecular complexity index is 910. The first kappa shape index (κ1) is 25.7. The third kappa shape index (κ3) is 7.50. The number of amides is 2. The van der Waals surface area contributed by atoms with Gasteiger partial charge in [0.25, 0.3) is 0 Å². The molecule has 9 nitrogen and oxygen atoms in total. The fraction of sp³-hybridized carbons (Fsp3) is 0.375. The number of hydrogen-bond acceptors (Lipinski definition) is 7. The van der Waals surface area contributed by atoms with Crippen molar-refractivity contribution in [1.29, 1.82) is 0 Å². The zero-order chi connectivity index (χ0) is 24.2. The van der Waals surface area contributed by atoms with Gasteiger partial charge in [0.15, 0.2) is 11.5 Å². The van der Waals surface area contributed by atoms with Crippen molar-refractivity contribution < 1.29 is 28.6 Å². The summed E-state index contributed by atoms with van der Waals surface area (Å²) in [6.07, 6.45) is 1.40. The molecule has 4 N–H and O–H groups in total. The van der Waals surface area contributed by atoms with Gasteiger partial charge in [-0.15, -0.1) is 0 Å². The van der Waals surface area contributed by atoms with E-state index in [0.717, 1.165) is 11.1 Å². The van der Waals surface area contributed by atoms with E-state index in [-0.39, 0.29) is 18.9 Å². The summed E-state index contributed by atoms with van der Waals surface area (Å²) < 4.78 is 16.0. The van der Waals surface area contributed by atoms with Crippen LogP contribution in [0, 0.1) is 0 Å². The standard InChI is InChI=1S/C24H31N3O6/c1-31-20-13-17(14-21(32-2)22(20)33-3)15-26-24(30)19(27-23(29)18(25)11-12-28)10-9-16-7-5-4-6-8-16/h4-8,12-14,18-19H,9-11,15,25H2,1-3H3,(H,26,30)(H,27,29). The highest BCUT2D eigenvalue weighted by Crippen LogP contribution is 2.38. The van der Waals surface area contributed by atoms with Crippen molar-refractivity contribution in [3.63, 3.8) is 0 Å². The van der Waals surface area contributed by atoms with Crippen LogP contribution in [0.5, 0.6) is 17.2 Å². The van der Waals surface area contributed by atoms with Crippen molar-refractivity contribution in [2.24, 2.45) is 5.73 Å². The lowest BCUT2D eigenvalue weighted by molar-refractivity contribution is -0.130. The van der Waals surface area contributed by atoms with Crippen molar-refractivity contribution in [2.75, 3.05) is 21.3 Å². The van der Waals surface area contributed by atoms with Gasteiger partial charge in [-0.1, -0.05) is 30.3 Å². The predicted octanol–water partition coefficient (Wildman–Crippen LogP) is 1.36. The highest BCUT2D eigenvalue weighted by Gasteiger charge is 2.24. The van der Waals surface area contributed by atoms with Gasteiger partial charge >= 0.3 is 0 Å². The monoisotopic (exact) mass is 457 g/mol. The highest BCUT2D eigenvalue weighted by atomic mass is 16.5. The van der Waals surface area contributed by atoms with E-state index in [4.69, 9.17) is 19.9 Å². The molecule has 0 aliphatic heterocycles. The first-order valence-electron chi connectivity index (χ1n) is 10.5. The predicted molar refractivity (Wildman–Crippen MR) is 123 cm³/mol. The van der Waals surface area contributed by atoms with Crippen LogP contribution in [0.1, 0.15) is 24.0 Å². The number of carbonyl (C=O) groups is 3. The smallest absolute Gasteiger partial charge is 0.242 e. The largest absolute Gasteiger partial charge is 0.493 e. The number of benzene rings is 2. The number of ether oxygens (including phenoxy) is 3. The summed E-state index contributed by atoms with van der Waals surface area (Å²) in [6, 6.07) is 11.3. The molecular weight excluding hydrogens is 426 g/mol. The Balaban J connectivity index is 2.12. The maximum absolute atomic E-state index is 13.0. The summed E-state index contributed by atoms with van der Waals surface area (Å²) in [7, 11) is 4.53.